The maximum Gasteiger partial charge on any atom is 0.0897 e. The minimum atomic E-state index is -0.901. The lowest BCUT2D eigenvalue weighted by molar-refractivity contribution is 0.0203. The Labute approximate surface area is 170 Å². The number of hydrogen-bond donors (Lipinski definition) is 5. The first-order valence-electron chi connectivity index (χ1n) is 6.52. The summed E-state index contributed by atoms with van der Waals surface area (Å²) in [5, 5.41) is 37.4. The fourth-order valence-corrected chi connectivity index (χ4v) is 5.64. The fraction of sp³-hybridized carbons (Fsp3) is 0.538. The molecule has 2 atom stereocenters. The molecule has 22 heavy (non-hydrogen) atoms. The summed E-state index contributed by atoms with van der Waals surface area (Å²) in [5.74, 6) is 0. The highest BCUT2D eigenvalue weighted by atomic mass is 127. The van der Waals surface area contributed by atoms with Crippen molar-refractivity contribution in [3.63, 3.8) is 0 Å². The van der Waals surface area contributed by atoms with E-state index < -0.39 is 12.2 Å². The maximum atomic E-state index is 9.66. The van der Waals surface area contributed by atoms with E-state index in [-0.39, 0.29) is 26.3 Å². The van der Waals surface area contributed by atoms with Crippen molar-refractivity contribution in [1.82, 2.24) is 4.90 Å². The van der Waals surface area contributed by atoms with E-state index >= 15 is 0 Å². The van der Waals surface area contributed by atoms with Gasteiger partial charge in [0.15, 0.2) is 0 Å². The topological polar surface area (TPSA) is 110 Å². The number of aliphatic hydroxyl groups excluding tert-OH is 4. The predicted octanol–water partition coefficient (Wildman–Crippen LogP) is 0.591. The van der Waals surface area contributed by atoms with Crippen LogP contribution < -0.4 is 5.73 Å². The van der Waals surface area contributed by atoms with Crippen LogP contribution in [0.5, 0.6) is 0 Å². The second-order valence-corrected chi connectivity index (χ2v) is 8.32. The summed E-state index contributed by atoms with van der Waals surface area (Å²) in [4.78, 5) is 1.80. The van der Waals surface area contributed by atoms with Crippen molar-refractivity contribution in [2.24, 2.45) is 0 Å². The molecule has 0 aromatic heterocycles. The van der Waals surface area contributed by atoms with Crippen LogP contribution in [0.1, 0.15) is 5.56 Å². The first-order valence-corrected chi connectivity index (χ1v) is 9.75. The second kappa shape index (κ2) is 10.1. The first-order chi connectivity index (χ1) is 10.3. The molecule has 0 saturated heterocycles. The van der Waals surface area contributed by atoms with Crippen LogP contribution in [0, 0.1) is 10.7 Å². The van der Waals surface area contributed by atoms with Gasteiger partial charge in [-0.05, 0) is 79.4 Å². The summed E-state index contributed by atoms with van der Waals surface area (Å²) in [5.41, 5.74) is 7.79. The molecular formula is C13H19I3N2O4. The molecule has 0 spiro atoms. The van der Waals surface area contributed by atoms with Crippen LogP contribution in [-0.2, 0) is 6.54 Å². The predicted molar refractivity (Wildman–Crippen MR) is 110 cm³/mol. The third-order valence-corrected chi connectivity index (χ3v) is 6.13. The highest BCUT2D eigenvalue weighted by Gasteiger charge is 2.19. The van der Waals surface area contributed by atoms with Gasteiger partial charge in [-0.15, -0.1) is 0 Å². The Balaban J connectivity index is 3.00. The van der Waals surface area contributed by atoms with Gasteiger partial charge in [0.1, 0.15) is 0 Å². The van der Waals surface area contributed by atoms with E-state index in [9.17, 15) is 10.2 Å². The summed E-state index contributed by atoms with van der Waals surface area (Å²) < 4.78 is 2.96. The lowest BCUT2D eigenvalue weighted by Gasteiger charge is -2.27. The highest BCUT2D eigenvalue weighted by molar-refractivity contribution is 14.1. The van der Waals surface area contributed by atoms with Gasteiger partial charge in [-0.2, -0.15) is 0 Å². The molecule has 1 aromatic rings. The lowest BCUT2D eigenvalue weighted by Crippen LogP contribution is -2.40. The number of anilines is 1. The molecule has 0 aliphatic rings. The van der Waals surface area contributed by atoms with Crippen LogP contribution in [0.3, 0.4) is 0 Å². The molecule has 0 aliphatic heterocycles. The molecule has 9 heteroatoms. The van der Waals surface area contributed by atoms with Crippen LogP contribution >= 0.6 is 67.8 Å². The van der Waals surface area contributed by atoms with Gasteiger partial charge in [0.05, 0.1) is 31.1 Å². The molecule has 6 N–H and O–H groups in total. The molecule has 0 amide bonds. The van der Waals surface area contributed by atoms with Crippen molar-refractivity contribution >= 4 is 73.5 Å². The van der Waals surface area contributed by atoms with Gasteiger partial charge in [-0.1, -0.05) is 0 Å². The molecule has 0 saturated carbocycles. The Bertz CT molecular complexity index is 493. The number of rotatable bonds is 8. The van der Waals surface area contributed by atoms with E-state index in [2.05, 4.69) is 67.8 Å². The summed E-state index contributed by atoms with van der Waals surface area (Å²) in [6.45, 7) is 0.159. The van der Waals surface area contributed by atoms with Gasteiger partial charge in [-0.25, -0.2) is 0 Å². The maximum absolute atomic E-state index is 9.66. The van der Waals surface area contributed by atoms with E-state index in [0.717, 1.165) is 16.3 Å². The zero-order chi connectivity index (χ0) is 16.9. The van der Waals surface area contributed by atoms with E-state index in [0.29, 0.717) is 12.2 Å². The van der Waals surface area contributed by atoms with Gasteiger partial charge in [-0.3, -0.25) is 4.90 Å². The SMILES string of the molecule is Nc1c(I)cc(I)c(CN(CC(O)CO)CC(O)CO)c1I. The van der Waals surface area contributed by atoms with E-state index in [1.165, 1.54) is 0 Å². The quantitative estimate of drug-likeness (QED) is 0.209. The van der Waals surface area contributed by atoms with Crippen LogP contribution in [0.2, 0.25) is 0 Å². The largest absolute Gasteiger partial charge is 0.397 e. The molecule has 0 fully saturated rings. The van der Waals surface area contributed by atoms with Crippen LogP contribution in [0.4, 0.5) is 5.69 Å². The standard InChI is InChI=1S/C13H19I3N2O4/c14-10-1-11(15)13(17)12(16)9(10)4-18(2-7(21)5-19)3-8(22)6-20/h1,7-8,19-22H,2-6,17H2. The Morgan fingerprint density at radius 2 is 1.50 bits per heavy atom. The molecule has 0 heterocycles. The van der Waals surface area contributed by atoms with Crippen LogP contribution in [0.15, 0.2) is 6.07 Å². The fourth-order valence-electron chi connectivity index (χ4n) is 1.93. The molecule has 0 bridgehead atoms. The van der Waals surface area contributed by atoms with Crippen molar-refractivity contribution in [2.45, 2.75) is 18.8 Å². The van der Waals surface area contributed by atoms with E-state index in [4.69, 9.17) is 15.9 Å². The molecule has 0 radical (unpaired) electrons. The van der Waals surface area contributed by atoms with Crippen molar-refractivity contribution in [1.29, 1.82) is 0 Å². The number of nitrogens with zero attached hydrogens (tertiary/aromatic N) is 1. The number of halogens is 3. The van der Waals surface area contributed by atoms with Gasteiger partial charge >= 0.3 is 0 Å². The average molecular weight is 648 g/mol. The lowest BCUT2D eigenvalue weighted by atomic mass is 10.1. The van der Waals surface area contributed by atoms with Gasteiger partial charge in [0.2, 0.25) is 0 Å². The monoisotopic (exact) mass is 648 g/mol. The Hall–Kier alpha value is 1.01. The normalized spacial score (nSPS) is 14.4. The Kier molecular flexibility index (Phi) is 9.67. The summed E-state index contributed by atoms with van der Waals surface area (Å²) in [6.07, 6.45) is -1.80. The molecular weight excluding hydrogens is 629 g/mol. The smallest absolute Gasteiger partial charge is 0.0897 e. The van der Waals surface area contributed by atoms with Crippen molar-refractivity contribution < 1.29 is 20.4 Å². The number of nitrogens with two attached hydrogens (primary N) is 1. The molecule has 126 valence electrons. The molecule has 6 nitrogen and oxygen atoms in total. The van der Waals surface area contributed by atoms with Crippen LogP contribution in [-0.4, -0.2) is 63.8 Å². The number of aliphatic hydroxyl groups is 4. The summed E-state index contributed by atoms with van der Waals surface area (Å²) >= 11 is 6.61. The average Bonchev–Trinajstić information content (AvgIpc) is 2.48. The third kappa shape index (κ3) is 6.14. The van der Waals surface area contributed by atoms with Gasteiger partial charge < -0.3 is 26.2 Å². The molecule has 1 aromatic carbocycles. The molecule has 1 rings (SSSR count). The minimum absolute atomic E-state index is 0.200. The third-order valence-electron chi connectivity index (χ3n) is 3.04. The van der Waals surface area contributed by atoms with E-state index in [1.807, 2.05) is 6.07 Å². The van der Waals surface area contributed by atoms with Crippen molar-refractivity contribution in [3.05, 3.63) is 22.3 Å². The van der Waals surface area contributed by atoms with Crippen molar-refractivity contribution in [3.8, 4) is 0 Å². The molecule has 2 unspecified atom stereocenters. The van der Waals surface area contributed by atoms with Crippen molar-refractivity contribution in [2.75, 3.05) is 32.0 Å². The summed E-state index contributed by atoms with van der Waals surface area (Å²) in [7, 11) is 0. The van der Waals surface area contributed by atoms with Gasteiger partial charge in [0, 0.05) is 30.3 Å². The first kappa shape index (κ1) is 21.1. The zero-order valence-corrected chi connectivity index (χ0v) is 18.2. The molecule has 0 aliphatic carbocycles. The number of benzene rings is 1. The number of nitrogen functional groups attached to an aromatic ring is 1. The van der Waals surface area contributed by atoms with E-state index in [1.54, 1.807) is 4.90 Å². The Morgan fingerprint density at radius 3 is 1.95 bits per heavy atom. The second-order valence-electron chi connectivity index (χ2n) is 4.91. The highest BCUT2D eigenvalue weighted by Crippen LogP contribution is 2.30. The Morgan fingerprint density at radius 1 is 1.00 bits per heavy atom. The number of hydrogen-bond acceptors (Lipinski definition) is 6. The zero-order valence-electron chi connectivity index (χ0n) is 11.7. The minimum Gasteiger partial charge on any atom is -0.397 e. The van der Waals surface area contributed by atoms with Gasteiger partial charge in [0.25, 0.3) is 0 Å². The summed E-state index contributed by atoms with van der Waals surface area (Å²) in [6, 6.07) is 1.98. The van der Waals surface area contributed by atoms with Crippen LogP contribution in [0.25, 0.3) is 0 Å².